The van der Waals surface area contributed by atoms with Gasteiger partial charge in [-0.3, -0.25) is 0 Å². The lowest BCUT2D eigenvalue weighted by Crippen LogP contribution is -1.83. The Morgan fingerprint density at radius 3 is 2.14 bits per heavy atom. The molecule has 0 N–H and O–H groups in total. The number of fused-ring (bicyclic) bond motifs is 6. The summed E-state index contributed by atoms with van der Waals surface area (Å²) in [5.74, 6) is 0. The second-order valence-corrected chi connectivity index (χ2v) is 7.28. The first-order valence-corrected chi connectivity index (χ1v) is 9.40. The van der Waals surface area contributed by atoms with Gasteiger partial charge >= 0.3 is 0 Å². The molecular formula is C22H10Cl2N2O2. The van der Waals surface area contributed by atoms with Gasteiger partial charge in [-0.1, -0.05) is 41.9 Å². The first-order chi connectivity index (χ1) is 13.7. The van der Waals surface area contributed by atoms with Crippen molar-refractivity contribution >= 4 is 67.2 Å². The van der Waals surface area contributed by atoms with Crippen LogP contribution in [-0.4, -0.2) is 9.97 Å². The highest BCUT2D eigenvalue weighted by Gasteiger charge is 2.15. The molecular weight excluding hydrogens is 395 g/mol. The summed E-state index contributed by atoms with van der Waals surface area (Å²) < 4.78 is 11.7. The van der Waals surface area contributed by atoms with Crippen LogP contribution in [0.3, 0.4) is 0 Å². The van der Waals surface area contributed by atoms with Crippen LogP contribution in [0.5, 0.6) is 0 Å². The van der Waals surface area contributed by atoms with E-state index in [1.54, 1.807) is 0 Å². The van der Waals surface area contributed by atoms with Crippen molar-refractivity contribution in [1.29, 1.82) is 0 Å². The Balaban J connectivity index is 1.61. The quantitative estimate of drug-likeness (QED) is 0.214. The number of aromatic nitrogens is 2. The molecule has 0 saturated carbocycles. The van der Waals surface area contributed by atoms with Crippen LogP contribution in [-0.2, 0) is 0 Å². The van der Waals surface area contributed by atoms with Crippen molar-refractivity contribution < 1.29 is 8.83 Å². The number of nitrogens with zero attached hydrogens (tertiary/aromatic N) is 2. The fourth-order valence-electron chi connectivity index (χ4n) is 3.67. The summed E-state index contributed by atoms with van der Waals surface area (Å²) in [7, 11) is 0. The minimum Gasteiger partial charge on any atom is -0.456 e. The molecule has 0 fully saturated rings. The van der Waals surface area contributed by atoms with Gasteiger partial charge in [-0.25, -0.2) is 9.97 Å². The Morgan fingerprint density at radius 1 is 0.643 bits per heavy atom. The van der Waals surface area contributed by atoms with Gasteiger partial charge in [0, 0.05) is 16.2 Å². The van der Waals surface area contributed by atoms with E-state index < -0.39 is 0 Å². The van der Waals surface area contributed by atoms with Crippen LogP contribution >= 0.6 is 23.2 Å². The maximum atomic E-state index is 6.16. The van der Waals surface area contributed by atoms with E-state index >= 15 is 0 Å². The van der Waals surface area contributed by atoms with Crippen LogP contribution in [0.25, 0.3) is 55.1 Å². The van der Waals surface area contributed by atoms with Gasteiger partial charge in [-0.15, -0.1) is 0 Å². The maximum absolute atomic E-state index is 6.16. The third-order valence-electron chi connectivity index (χ3n) is 4.95. The van der Waals surface area contributed by atoms with E-state index in [-0.39, 0.29) is 10.4 Å². The monoisotopic (exact) mass is 404 g/mol. The van der Waals surface area contributed by atoms with Crippen LogP contribution < -0.4 is 0 Å². The Kier molecular flexibility index (Phi) is 3.25. The van der Waals surface area contributed by atoms with Crippen molar-refractivity contribution in [2.75, 3.05) is 0 Å². The highest BCUT2D eigenvalue weighted by molar-refractivity contribution is 6.36. The Hall–Kier alpha value is -3.08. The molecule has 3 aromatic heterocycles. The summed E-state index contributed by atoms with van der Waals surface area (Å²) in [6.07, 6.45) is 0. The molecule has 6 heteroatoms. The maximum Gasteiger partial charge on any atom is 0.224 e. The van der Waals surface area contributed by atoms with Crippen molar-refractivity contribution in [3.8, 4) is 11.1 Å². The fourth-order valence-corrected chi connectivity index (χ4v) is 4.09. The lowest BCUT2D eigenvalue weighted by atomic mass is 10.0. The highest BCUT2D eigenvalue weighted by Crippen LogP contribution is 2.36. The lowest BCUT2D eigenvalue weighted by Gasteiger charge is -2.02. The van der Waals surface area contributed by atoms with Gasteiger partial charge < -0.3 is 8.83 Å². The molecule has 0 spiro atoms. The summed E-state index contributed by atoms with van der Waals surface area (Å²) >= 11 is 12.1. The number of furan rings is 2. The topological polar surface area (TPSA) is 52.1 Å². The molecule has 0 atom stereocenters. The molecule has 0 amide bonds. The van der Waals surface area contributed by atoms with Crippen molar-refractivity contribution in [3.63, 3.8) is 0 Å². The molecule has 0 unspecified atom stereocenters. The predicted octanol–water partition coefficient (Wildman–Crippen LogP) is 7.25. The van der Waals surface area contributed by atoms with Crippen LogP contribution in [0, 0.1) is 0 Å². The zero-order valence-corrected chi connectivity index (χ0v) is 15.8. The number of para-hydroxylation sites is 1. The molecule has 4 nitrogen and oxygen atoms in total. The molecule has 0 saturated heterocycles. The fraction of sp³-hybridized carbons (Fsp3) is 0. The summed E-state index contributed by atoms with van der Waals surface area (Å²) in [6, 6.07) is 20.2. The van der Waals surface area contributed by atoms with Crippen LogP contribution in [0.4, 0.5) is 0 Å². The van der Waals surface area contributed by atoms with E-state index in [2.05, 4.69) is 22.1 Å². The zero-order chi connectivity index (χ0) is 18.8. The van der Waals surface area contributed by atoms with Crippen molar-refractivity contribution in [3.05, 3.63) is 71.1 Å². The number of halogens is 2. The van der Waals surface area contributed by atoms with Crippen LogP contribution in [0.1, 0.15) is 0 Å². The van der Waals surface area contributed by atoms with Gasteiger partial charge in [-0.2, -0.15) is 0 Å². The molecule has 0 aliphatic heterocycles. The highest BCUT2D eigenvalue weighted by atomic mass is 35.5. The zero-order valence-electron chi connectivity index (χ0n) is 14.2. The van der Waals surface area contributed by atoms with Crippen molar-refractivity contribution in [1.82, 2.24) is 9.97 Å². The van der Waals surface area contributed by atoms with E-state index in [0.717, 1.165) is 38.5 Å². The summed E-state index contributed by atoms with van der Waals surface area (Å²) in [6.45, 7) is 0. The molecule has 3 aromatic carbocycles. The smallest absolute Gasteiger partial charge is 0.224 e. The van der Waals surface area contributed by atoms with Crippen LogP contribution in [0.2, 0.25) is 10.4 Å². The van der Waals surface area contributed by atoms with Gasteiger partial charge in [0.2, 0.25) is 5.28 Å². The van der Waals surface area contributed by atoms with E-state index in [9.17, 15) is 0 Å². The Labute approximate surface area is 168 Å². The van der Waals surface area contributed by atoms with E-state index in [1.165, 1.54) is 0 Å². The second-order valence-electron chi connectivity index (χ2n) is 6.58. The molecule has 134 valence electrons. The lowest BCUT2D eigenvalue weighted by molar-refractivity contribution is 0.666. The normalized spacial score (nSPS) is 11.9. The van der Waals surface area contributed by atoms with Gasteiger partial charge in [0.25, 0.3) is 0 Å². The Bertz CT molecular complexity index is 1550. The first-order valence-electron chi connectivity index (χ1n) is 8.64. The predicted molar refractivity (Wildman–Crippen MR) is 112 cm³/mol. The minimum absolute atomic E-state index is 0.0943. The minimum atomic E-state index is 0.0943. The third kappa shape index (κ3) is 2.25. The largest absolute Gasteiger partial charge is 0.456 e. The van der Waals surface area contributed by atoms with Crippen molar-refractivity contribution in [2.45, 2.75) is 0 Å². The molecule has 0 aliphatic rings. The number of hydrogen-bond acceptors (Lipinski definition) is 4. The summed E-state index contributed by atoms with van der Waals surface area (Å²) in [5.41, 5.74) is 5.59. The van der Waals surface area contributed by atoms with E-state index in [1.807, 2.05) is 48.5 Å². The van der Waals surface area contributed by atoms with Gasteiger partial charge in [0.1, 0.15) is 22.3 Å². The van der Waals surface area contributed by atoms with Crippen LogP contribution in [0.15, 0.2) is 69.5 Å². The Morgan fingerprint density at radius 2 is 1.32 bits per heavy atom. The molecule has 6 rings (SSSR count). The molecule has 3 heterocycles. The SMILES string of the molecule is Clc1nc(Cl)c2oc3ccc(-c4ccc5oc6ccccc6c5c4)cc3c2n1. The number of rotatable bonds is 1. The second kappa shape index (κ2) is 5.71. The average Bonchev–Trinajstić information content (AvgIpc) is 3.25. The first kappa shape index (κ1) is 15.9. The molecule has 28 heavy (non-hydrogen) atoms. The average molecular weight is 405 g/mol. The van der Waals surface area contributed by atoms with Gasteiger partial charge in [0.05, 0.1) is 0 Å². The summed E-state index contributed by atoms with van der Waals surface area (Å²) in [5, 5.41) is 3.32. The molecule has 0 radical (unpaired) electrons. The van der Waals surface area contributed by atoms with Gasteiger partial charge in [0.15, 0.2) is 10.7 Å². The standard InChI is InChI=1S/C22H10Cl2N2O2/c23-21-20-19(25-22(24)26-21)15-10-12(6-8-18(15)28-20)11-5-7-17-14(9-11)13-3-1-2-4-16(13)27-17/h1-10H. The molecule has 0 bridgehead atoms. The van der Waals surface area contributed by atoms with Gasteiger partial charge in [-0.05, 0) is 53.1 Å². The van der Waals surface area contributed by atoms with E-state index in [0.29, 0.717) is 16.7 Å². The third-order valence-corrected chi connectivity index (χ3v) is 5.38. The summed E-state index contributed by atoms with van der Waals surface area (Å²) in [4.78, 5) is 8.25. The van der Waals surface area contributed by atoms with E-state index in [4.69, 9.17) is 32.0 Å². The molecule has 0 aliphatic carbocycles. The molecule has 6 aromatic rings. The number of benzene rings is 3. The van der Waals surface area contributed by atoms with Crippen molar-refractivity contribution in [2.24, 2.45) is 0 Å². The number of hydrogen-bond donors (Lipinski definition) is 0.